The van der Waals surface area contributed by atoms with Crippen LogP contribution in [0.15, 0.2) is 53.8 Å². The quantitative estimate of drug-likeness (QED) is 0.685. The highest BCUT2D eigenvalue weighted by molar-refractivity contribution is 7.09. The number of fused-ring (bicyclic) bond motifs is 1. The lowest BCUT2D eigenvalue weighted by molar-refractivity contribution is -0.286. The Bertz CT molecular complexity index is 1160. The zero-order valence-corrected chi connectivity index (χ0v) is 16.6. The number of carbonyl (C=O) groups is 1. The van der Waals surface area contributed by atoms with Gasteiger partial charge in [0.15, 0.2) is 16.3 Å². The molecule has 2 amide bonds. The summed E-state index contributed by atoms with van der Waals surface area (Å²) in [4.78, 5) is 22.4. The molecule has 0 bridgehead atoms. The molecular formula is C19H16F2N4O4S. The molecule has 4 rings (SSSR count). The number of pyridine rings is 1. The van der Waals surface area contributed by atoms with E-state index in [1.165, 1.54) is 27.7 Å². The molecule has 11 heteroatoms. The lowest BCUT2D eigenvalue weighted by atomic mass is 10.2. The Balaban J connectivity index is 1.81. The molecular weight excluding hydrogens is 418 g/mol. The molecule has 2 aromatic heterocycles. The Hall–Kier alpha value is -3.31. The van der Waals surface area contributed by atoms with E-state index in [0.717, 1.165) is 11.3 Å². The molecule has 156 valence electrons. The molecule has 0 fully saturated rings. The molecule has 30 heavy (non-hydrogen) atoms. The molecule has 3 heterocycles. The zero-order valence-electron chi connectivity index (χ0n) is 15.8. The number of aliphatic hydroxyl groups is 1. The van der Waals surface area contributed by atoms with Gasteiger partial charge in [0, 0.05) is 32.6 Å². The Morgan fingerprint density at radius 1 is 1.27 bits per heavy atom. The Labute approximate surface area is 173 Å². The SMILES string of the molecule is CN(C)C(=O)/N=c1\sc(C(O)c2ccccn2)cn1-c1ccc2c(c1)OC(F)(F)O2. The van der Waals surface area contributed by atoms with Gasteiger partial charge in [-0.05, 0) is 24.3 Å². The number of hydrogen-bond acceptors (Lipinski definition) is 6. The van der Waals surface area contributed by atoms with Crippen LogP contribution >= 0.6 is 11.3 Å². The molecule has 3 aromatic rings. The number of alkyl halides is 2. The second kappa shape index (κ2) is 7.50. The van der Waals surface area contributed by atoms with Crippen molar-refractivity contribution >= 4 is 17.4 Å². The van der Waals surface area contributed by atoms with E-state index in [-0.39, 0.29) is 16.3 Å². The van der Waals surface area contributed by atoms with E-state index in [0.29, 0.717) is 16.3 Å². The average molecular weight is 434 g/mol. The van der Waals surface area contributed by atoms with Crippen molar-refractivity contribution in [3.63, 3.8) is 0 Å². The van der Waals surface area contributed by atoms with Gasteiger partial charge in [-0.15, -0.1) is 8.78 Å². The highest BCUT2D eigenvalue weighted by atomic mass is 32.1. The molecule has 0 spiro atoms. The molecule has 1 aromatic carbocycles. The van der Waals surface area contributed by atoms with Gasteiger partial charge < -0.3 is 19.5 Å². The van der Waals surface area contributed by atoms with Crippen molar-refractivity contribution < 1.29 is 28.2 Å². The van der Waals surface area contributed by atoms with Crippen molar-refractivity contribution in [1.29, 1.82) is 0 Å². The third-order valence-corrected chi connectivity index (χ3v) is 5.18. The van der Waals surface area contributed by atoms with Crippen LogP contribution in [0.5, 0.6) is 11.5 Å². The van der Waals surface area contributed by atoms with E-state index in [1.807, 2.05) is 0 Å². The van der Waals surface area contributed by atoms with Crippen LogP contribution in [-0.4, -0.2) is 46.0 Å². The third kappa shape index (κ3) is 3.89. The van der Waals surface area contributed by atoms with Crippen LogP contribution in [0.3, 0.4) is 0 Å². The maximum atomic E-state index is 13.4. The first-order valence-electron chi connectivity index (χ1n) is 8.71. The molecule has 1 unspecified atom stereocenters. The number of aromatic nitrogens is 2. The van der Waals surface area contributed by atoms with Crippen molar-refractivity contribution in [2.24, 2.45) is 4.99 Å². The number of aliphatic hydroxyl groups excluding tert-OH is 1. The molecule has 0 aliphatic carbocycles. The predicted molar refractivity (Wildman–Crippen MR) is 103 cm³/mol. The zero-order chi connectivity index (χ0) is 21.5. The molecule has 1 N–H and O–H groups in total. The van der Waals surface area contributed by atoms with Crippen molar-refractivity contribution in [3.05, 3.63) is 64.2 Å². The minimum atomic E-state index is -3.74. The van der Waals surface area contributed by atoms with E-state index in [2.05, 4.69) is 19.5 Å². The monoisotopic (exact) mass is 434 g/mol. The van der Waals surface area contributed by atoms with Crippen molar-refractivity contribution in [3.8, 4) is 17.2 Å². The van der Waals surface area contributed by atoms with Gasteiger partial charge in [-0.1, -0.05) is 17.4 Å². The first kappa shape index (κ1) is 20.0. The fourth-order valence-electron chi connectivity index (χ4n) is 2.70. The first-order valence-corrected chi connectivity index (χ1v) is 9.53. The van der Waals surface area contributed by atoms with Gasteiger partial charge in [0.25, 0.3) is 0 Å². The number of benzene rings is 1. The van der Waals surface area contributed by atoms with E-state index >= 15 is 0 Å². The summed E-state index contributed by atoms with van der Waals surface area (Å²) >= 11 is 1.07. The van der Waals surface area contributed by atoms with Crippen molar-refractivity contribution in [1.82, 2.24) is 14.5 Å². The summed E-state index contributed by atoms with van der Waals surface area (Å²) in [7, 11) is 3.10. The maximum absolute atomic E-state index is 13.4. The van der Waals surface area contributed by atoms with Crippen LogP contribution < -0.4 is 14.3 Å². The minimum absolute atomic E-state index is 0.101. The fraction of sp³-hybridized carbons (Fsp3) is 0.211. The minimum Gasteiger partial charge on any atom is -0.395 e. The number of nitrogens with zero attached hydrogens (tertiary/aromatic N) is 4. The highest BCUT2D eigenvalue weighted by Gasteiger charge is 2.43. The topological polar surface area (TPSA) is 89.2 Å². The van der Waals surface area contributed by atoms with Gasteiger partial charge in [0.05, 0.1) is 16.3 Å². The van der Waals surface area contributed by atoms with Gasteiger partial charge in [0.2, 0.25) is 0 Å². The standard InChI is InChI=1S/C19H16F2N4O4S/c1-24(2)17(27)23-18-25(10-15(30-18)16(26)12-5-3-4-8-22-12)11-6-7-13-14(9-11)29-19(20,21)28-13/h3-10,16,26H,1-2H3/b23-18-. The van der Waals surface area contributed by atoms with E-state index in [9.17, 15) is 18.7 Å². The fourth-order valence-corrected chi connectivity index (χ4v) is 3.69. The number of urea groups is 1. The number of rotatable bonds is 3. The van der Waals surface area contributed by atoms with Gasteiger partial charge in [-0.2, -0.15) is 4.99 Å². The Morgan fingerprint density at radius 3 is 2.73 bits per heavy atom. The molecule has 0 saturated carbocycles. The summed E-state index contributed by atoms with van der Waals surface area (Å²) in [6.45, 7) is 0. The summed E-state index contributed by atoms with van der Waals surface area (Å²) in [5.41, 5.74) is 0.817. The molecule has 1 aliphatic heterocycles. The smallest absolute Gasteiger partial charge is 0.395 e. The van der Waals surface area contributed by atoms with Crippen LogP contribution in [0.25, 0.3) is 5.69 Å². The van der Waals surface area contributed by atoms with Gasteiger partial charge >= 0.3 is 12.3 Å². The van der Waals surface area contributed by atoms with E-state index in [4.69, 9.17) is 0 Å². The molecule has 1 aliphatic rings. The molecule has 1 atom stereocenters. The van der Waals surface area contributed by atoms with E-state index < -0.39 is 18.4 Å². The second-order valence-electron chi connectivity index (χ2n) is 6.53. The number of halogens is 2. The summed E-state index contributed by atoms with van der Waals surface area (Å²) in [6, 6.07) is 8.82. The molecule has 8 nitrogen and oxygen atoms in total. The number of amides is 2. The van der Waals surface area contributed by atoms with Crippen LogP contribution in [0.2, 0.25) is 0 Å². The predicted octanol–water partition coefficient (Wildman–Crippen LogP) is 2.92. The van der Waals surface area contributed by atoms with Crippen molar-refractivity contribution in [2.75, 3.05) is 14.1 Å². The van der Waals surface area contributed by atoms with Gasteiger partial charge in [0.1, 0.15) is 6.10 Å². The summed E-state index contributed by atoms with van der Waals surface area (Å²) in [6.07, 6.45) is -1.67. The first-order chi connectivity index (χ1) is 14.2. The summed E-state index contributed by atoms with van der Waals surface area (Å²) < 4.78 is 37.1. The average Bonchev–Trinajstić information content (AvgIpc) is 3.26. The van der Waals surface area contributed by atoms with Crippen LogP contribution in [0.4, 0.5) is 13.6 Å². The largest absolute Gasteiger partial charge is 0.586 e. The number of ether oxygens (including phenoxy) is 2. The normalized spacial score (nSPS) is 15.8. The molecule has 0 saturated heterocycles. The van der Waals surface area contributed by atoms with Crippen LogP contribution in [0, 0.1) is 0 Å². The maximum Gasteiger partial charge on any atom is 0.586 e. The van der Waals surface area contributed by atoms with E-state index in [1.54, 1.807) is 44.7 Å². The highest BCUT2D eigenvalue weighted by Crippen LogP contribution is 2.41. The second-order valence-corrected chi connectivity index (χ2v) is 7.57. The van der Waals surface area contributed by atoms with Gasteiger partial charge in [-0.3, -0.25) is 9.55 Å². The van der Waals surface area contributed by atoms with Crippen LogP contribution in [0.1, 0.15) is 16.7 Å². The Kier molecular flexibility index (Phi) is 5.00. The lowest BCUT2D eigenvalue weighted by Crippen LogP contribution is -2.26. The van der Waals surface area contributed by atoms with Crippen molar-refractivity contribution in [2.45, 2.75) is 12.4 Å². The number of hydrogen-bond donors (Lipinski definition) is 1. The summed E-state index contributed by atoms with van der Waals surface area (Å²) in [5, 5.41) is 10.7. The lowest BCUT2D eigenvalue weighted by Gasteiger charge is -2.07. The Morgan fingerprint density at radius 2 is 2.03 bits per heavy atom. The molecule has 0 radical (unpaired) electrons. The summed E-state index contributed by atoms with van der Waals surface area (Å²) in [5.74, 6) is -0.246. The van der Waals surface area contributed by atoms with Crippen LogP contribution in [-0.2, 0) is 0 Å². The third-order valence-electron chi connectivity index (χ3n) is 4.15. The number of carbonyl (C=O) groups excluding carboxylic acids is 1. The van der Waals surface area contributed by atoms with Gasteiger partial charge in [-0.25, -0.2) is 4.79 Å². The number of thiazole rings is 1.